The third kappa shape index (κ3) is 3.47. The van der Waals surface area contributed by atoms with E-state index >= 15 is 0 Å². The van der Waals surface area contributed by atoms with Gasteiger partial charge in [-0.15, -0.1) is 0 Å². The first kappa shape index (κ1) is 16.7. The van der Waals surface area contributed by atoms with Gasteiger partial charge < -0.3 is 24.9 Å². The highest BCUT2D eigenvalue weighted by atomic mass is 16.6. The van der Waals surface area contributed by atoms with Gasteiger partial charge in [-0.25, -0.2) is 4.68 Å². The van der Waals surface area contributed by atoms with Crippen LogP contribution in [0.3, 0.4) is 0 Å². The summed E-state index contributed by atoms with van der Waals surface area (Å²) in [5, 5.41) is 6.86. The molecule has 3 aromatic rings. The predicted octanol–water partition coefficient (Wildman–Crippen LogP) is 1.50. The molecule has 0 bridgehead atoms. The van der Waals surface area contributed by atoms with Crippen LogP contribution in [0.5, 0.6) is 11.5 Å². The lowest BCUT2D eigenvalue weighted by Crippen LogP contribution is -2.31. The van der Waals surface area contributed by atoms with Crippen LogP contribution in [0.4, 0.5) is 11.4 Å². The Morgan fingerprint density at radius 1 is 1.19 bits per heavy atom. The summed E-state index contributed by atoms with van der Waals surface area (Å²) in [6.07, 6.45) is 1.48. The molecule has 1 amide bonds. The van der Waals surface area contributed by atoms with Crippen LogP contribution in [0.15, 0.2) is 51.9 Å². The summed E-state index contributed by atoms with van der Waals surface area (Å²) in [6, 6.07) is 9.86. The maximum Gasteiger partial charge on any atom is 0.290 e. The summed E-state index contributed by atoms with van der Waals surface area (Å²) in [6.45, 7) is 0.634. The van der Waals surface area contributed by atoms with E-state index < -0.39 is 11.5 Å². The van der Waals surface area contributed by atoms with Gasteiger partial charge in [0.05, 0.1) is 6.26 Å². The Morgan fingerprint density at radius 2 is 2.00 bits per heavy atom. The highest BCUT2D eigenvalue weighted by molar-refractivity contribution is 5.91. The molecule has 0 spiro atoms. The molecule has 1 aromatic carbocycles. The number of hydrogen-bond donors (Lipinski definition) is 2. The monoisotopic (exact) mass is 368 g/mol. The molecule has 0 saturated heterocycles. The molecule has 3 heterocycles. The molecule has 9 nitrogen and oxygen atoms in total. The Labute approximate surface area is 153 Å². The minimum Gasteiger partial charge on any atom is -0.486 e. The molecule has 1 aliphatic heterocycles. The summed E-state index contributed by atoms with van der Waals surface area (Å²) in [4.78, 5) is 24.6. The fourth-order valence-electron chi connectivity index (χ4n) is 2.67. The molecule has 0 radical (unpaired) electrons. The van der Waals surface area contributed by atoms with Crippen LogP contribution >= 0.6 is 0 Å². The van der Waals surface area contributed by atoms with Crippen LogP contribution < -0.4 is 26.1 Å². The van der Waals surface area contributed by atoms with Crippen LogP contribution in [-0.4, -0.2) is 28.9 Å². The van der Waals surface area contributed by atoms with E-state index in [4.69, 9.17) is 19.6 Å². The van der Waals surface area contributed by atoms with Crippen molar-refractivity contribution in [3.8, 4) is 23.0 Å². The zero-order chi connectivity index (χ0) is 18.8. The van der Waals surface area contributed by atoms with E-state index in [0.29, 0.717) is 41.9 Å². The predicted molar refractivity (Wildman–Crippen MR) is 96.7 cm³/mol. The van der Waals surface area contributed by atoms with Crippen molar-refractivity contribution in [3.63, 3.8) is 0 Å². The number of nitrogens with two attached hydrogens (primary N) is 1. The van der Waals surface area contributed by atoms with Gasteiger partial charge in [0, 0.05) is 11.8 Å². The lowest BCUT2D eigenvalue weighted by molar-refractivity contribution is -0.117. The molecule has 0 atom stereocenters. The number of nitrogens with one attached hydrogen (secondary N) is 1. The zero-order valence-corrected chi connectivity index (χ0v) is 14.2. The minimum atomic E-state index is -0.553. The van der Waals surface area contributed by atoms with Gasteiger partial charge in [-0.05, 0) is 30.3 Å². The minimum absolute atomic E-state index is 0.0245. The van der Waals surface area contributed by atoms with E-state index in [1.54, 1.807) is 30.3 Å². The van der Waals surface area contributed by atoms with Gasteiger partial charge in [0.2, 0.25) is 5.91 Å². The van der Waals surface area contributed by atoms with Gasteiger partial charge in [-0.2, -0.15) is 5.10 Å². The second-order valence-electron chi connectivity index (χ2n) is 5.83. The third-order valence-corrected chi connectivity index (χ3v) is 3.89. The average Bonchev–Trinajstić information content (AvgIpc) is 3.20. The number of aromatic nitrogens is 2. The van der Waals surface area contributed by atoms with Crippen molar-refractivity contribution in [2.45, 2.75) is 6.54 Å². The molecular formula is C18H16N4O5. The highest BCUT2D eigenvalue weighted by Crippen LogP contribution is 2.32. The maximum atomic E-state index is 12.4. The SMILES string of the molecule is Nc1cc(-c2ccco2)nn(CC(=O)Nc2ccc3c(c2)OCCO3)c1=O. The number of carbonyl (C=O) groups is 1. The molecular weight excluding hydrogens is 352 g/mol. The molecule has 27 heavy (non-hydrogen) atoms. The van der Waals surface area contributed by atoms with Gasteiger partial charge in [0.1, 0.15) is 31.1 Å². The van der Waals surface area contributed by atoms with Gasteiger partial charge in [0.25, 0.3) is 5.56 Å². The summed E-state index contributed by atoms with van der Waals surface area (Å²) in [5.74, 6) is 1.19. The van der Waals surface area contributed by atoms with E-state index in [-0.39, 0.29) is 12.2 Å². The van der Waals surface area contributed by atoms with Gasteiger partial charge >= 0.3 is 0 Å². The maximum absolute atomic E-state index is 12.4. The highest BCUT2D eigenvalue weighted by Gasteiger charge is 2.15. The molecule has 0 fully saturated rings. The van der Waals surface area contributed by atoms with Crippen molar-refractivity contribution >= 4 is 17.3 Å². The van der Waals surface area contributed by atoms with E-state index in [9.17, 15) is 9.59 Å². The van der Waals surface area contributed by atoms with E-state index in [0.717, 1.165) is 4.68 Å². The normalized spacial score (nSPS) is 12.6. The van der Waals surface area contributed by atoms with Crippen molar-refractivity contribution in [3.05, 3.63) is 53.0 Å². The molecule has 3 N–H and O–H groups in total. The lowest BCUT2D eigenvalue weighted by atomic mass is 10.2. The van der Waals surface area contributed by atoms with Gasteiger partial charge in [-0.3, -0.25) is 9.59 Å². The Balaban J connectivity index is 1.53. The first-order valence-electron chi connectivity index (χ1n) is 8.21. The summed E-state index contributed by atoms with van der Waals surface area (Å²) >= 11 is 0. The molecule has 4 rings (SSSR count). The van der Waals surface area contributed by atoms with Crippen molar-refractivity contribution < 1.29 is 18.7 Å². The molecule has 0 unspecified atom stereocenters. The van der Waals surface area contributed by atoms with Crippen molar-refractivity contribution in [2.75, 3.05) is 24.3 Å². The van der Waals surface area contributed by atoms with Crippen molar-refractivity contribution in [2.24, 2.45) is 0 Å². The number of hydrogen-bond acceptors (Lipinski definition) is 7. The standard InChI is InChI=1S/C18H16N4O5/c19-12-9-13(14-2-1-5-25-14)21-22(18(12)24)10-17(23)20-11-3-4-15-16(8-11)27-7-6-26-15/h1-5,8-9H,6-7,10,19H2,(H,20,23). The number of anilines is 2. The molecule has 0 saturated carbocycles. The fraction of sp³-hybridized carbons (Fsp3) is 0.167. The van der Waals surface area contributed by atoms with Gasteiger partial charge in [-0.1, -0.05) is 0 Å². The zero-order valence-electron chi connectivity index (χ0n) is 14.2. The van der Waals surface area contributed by atoms with Gasteiger partial charge in [0.15, 0.2) is 17.3 Å². The summed E-state index contributed by atoms with van der Waals surface area (Å²) in [7, 11) is 0. The van der Waals surface area contributed by atoms with Crippen LogP contribution in [0.2, 0.25) is 0 Å². The number of furan rings is 1. The average molecular weight is 368 g/mol. The largest absolute Gasteiger partial charge is 0.486 e. The topological polar surface area (TPSA) is 122 Å². The second kappa shape index (κ2) is 6.87. The summed E-state index contributed by atoms with van der Waals surface area (Å²) in [5.41, 5.74) is 6.06. The third-order valence-electron chi connectivity index (χ3n) is 3.89. The van der Waals surface area contributed by atoms with E-state index in [2.05, 4.69) is 10.4 Å². The lowest BCUT2D eigenvalue weighted by Gasteiger charge is -2.19. The first-order chi connectivity index (χ1) is 13.1. The number of benzene rings is 1. The van der Waals surface area contributed by atoms with Crippen LogP contribution in [0.1, 0.15) is 0 Å². The van der Waals surface area contributed by atoms with E-state index in [1.165, 1.54) is 12.3 Å². The number of nitrogens with zero attached hydrogens (tertiary/aromatic N) is 2. The Kier molecular flexibility index (Phi) is 4.25. The molecule has 1 aliphatic rings. The smallest absolute Gasteiger partial charge is 0.290 e. The van der Waals surface area contributed by atoms with Crippen molar-refractivity contribution in [1.82, 2.24) is 9.78 Å². The van der Waals surface area contributed by atoms with Crippen molar-refractivity contribution in [1.29, 1.82) is 0 Å². The van der Waals surface area contributed by atoms with Crippen LogP contribution in [-0.2, 0) is 11.3 Å². The second-order valence-corrected chi connectivity index (χ2v) is 5.83. The summed E-state index contributed by atoms with van der Waals surface area (Å²) < 4.78 is 17.2. The number of carbonyl (C=O) groups excluding carboxylic acids is 1. The quantitative estimate of drug-likeness (QED) is 0.715. The number of nitrogen functional groups attached to an aromatic ring is 1. The number of amides is 1. The molecule has 0 aliphatic carbocycles. The number of rotatable bonds is 4. The number of fused-ring (bicyclic) bond motifs is 1. The Morgan fingerprint density at radius 3 is 2.78 bits per heavy atom. The first-order valence-corrected chi connectivity index (χ1v) is 8.21. The van der Waals surface area contributed by atoms with Crippen LogP contribution in [0, 0.1) is 0 Å². The molecule has 9 heteroatoms. The molecule has 2 aromatic heterocycles. The van der Waals surface area contributed by atoms with E-state index in [1.807, 2.05) is 0 Å². The molecule has 138 valence electrons. The fourth-order valence-corrected chi connectivity index (χ4v) is 2.67. The Hall–Kier alpha value is -3.75. The number of ether oxygens (including phenoxy) is 2. The Bertz CT molecular complexity index is 1040. The van der Waals surface area contributed by atoms with Crippen LogP contribution in [0.25, 0.3) is 11.5 Å².